The molecule has 30 heavy (non-hydrogen) atoms. The molecule has 0 fully saturated rings. The second-order valence-electron chi connectivity index (χ2n) is 6.89. The Morgan fingerprint density at radius 2 is 1.90 bits per heavy atom. The molecule has 0 saturated carbocycles. The van der Waals surface area contributed by atoms with Crippen molar-refractivity contribution >= 4 is 32.6 Å². The van der Waals surface area contributed by atoms with E-state index in [0.29, 0.717) is 34.5 Å². The molecule has 0 bridgehead atoms. The first-order chi connectivity index (χ1) is 14.6. The van der Waals surface area contributed by atoms with Crippen molar-refractivity contribution in [1.29, 1.82) is 0 Å². The minimum absolute atomic E-state index is 0.0971. The molecule has 0 N–H and O–H groups in total. The van der Waals surface area contributed by atoms with Crippen LogP contribution in [0, 0.1) is 0 Å². The number of nitrogens with zero attached hydrogens (tertiary/aromatic N) is 3. The lowest BCUT2D eigenvalue weighted by atomic mass is 10.2. The number of anilines is 1. The number of hydrogen-bond donors (Lipinski definition) is 0. The summed E-state index contributed by atoms with van der Waals surface area (Å²) in [6.07, 6.45) is 0. The third-order valence-corrected chi connectivity index (χ3v) is 6.24. The molecule has 2 heterocycles. The lowest BCUT2D eigenvalue weighted by Gasteiger charge is -2.24. The zero-order valence-electron chi connectivity index (χ0n) is 17.4. The topological polar surface area (TPSA) is 64.1 Å². The molecule has 0 atom stereocenters. The number of ether oxygens (including phenoxy) is 3. The molecule has 0 aliphatic carbocycles. The highest BCUT2D eigenvalue weighted by atomic mass is 32.1. The van der Waals surface area contributed by atoms with E-state index in [4.69, 9.17) is 19.2 Å². The normalized spacial score (nSPS) is 12.5. The molecule has 0 saturated heterocycles. The minimum atomic E-state index is -0.0971. The van der Waals surface area contributed by atoms with Gasteiger partial charge < -0.3 is 19.1 Å². The van der Waals surface area contributed by atoms with E-state index in [1.54, 1.807) is 24.1 Å². The smallest absolute Gasteiger partial charge is 0.260 e. The average Bonchev–Trinajstić information content (AvgIpc) is 3.40. The number of fused-ring (bicyclic) bond motifs is 2. The van der Waals surface area contributed by atoms with E-state index in [1.165, 1.54) is 11.3 Å². The fourth-order valence-corrected chi connectivity index (χ4v) is 4.40. The molecule has 8 heteroatoms. The number of aromatic nitrogens is 1. The zero-order valence-corrected chi connectivity index (χ0v) is 18.2. The van der Waals surface area contributed by atoms with Gasteiger partial charge in [-0.2, -0.15) is 0 Å². The molecule has 7 nitrogen and oxygen atoms in total. The van der Waals surface area contributed by atoms with E-state index in [1.807, 2.05) is 24.3 Å². The van der Waals surface area contributed by atoms with Gasteiger partial charge >= 0.3 is 0 Å². The summed E-state index contributed by atoms with van der Waals surface area (Å²) in [6, 6.07) is 11.0. The largest absolute Gasteiger partial charge is 0.497 e. The number of likely N-dealkylation sites (N-methyl/N-ethyl adjacent to an activating group) is 1. The molecule has 0 spiro atoms. The van der Waals surface area contributed by atoms with Gasteiger partial charge in [0.05, 0.1) is 17.3 Å². The van der Waals surface area contributed by atoms with Crippen molar-refractivity contribution in [2.45, 2.75) is 13.8 Å². The van der Waals surface area contributed by atoms with Crippen LogP contribution in [0.2, 0.25) is 0 Å². The van der Waals surface area contributed by atoms with Crippen molar-refractivity contribution < 1.29 is 19.0 Å². The third kappa shape index (κ3) is 4.06. The molecule has 4 rings (SSSR count). The molecular weight excluding hydrogens is 402 g/mol. The Morgan fingerprint density at radius 1 is 1.13 bits per heavy atom. The van der Waals surface area contributed by atoms with Crippen LogP contribution < -0.4 is 19.1 Å². The van der Waals surface area contributed by atoms with Crippen LogP contribution in [0.1, 0.15) is 24.2 Å². The van der Waals surface area contributed by atoms with E-state index >= 15 is 0 Å². The Balaban J connectivity index is 1.69. The Bertz CT molecular complexity index is 1010. The number of benzene rings is 2. The maximum atomic E-state index is 13.4. The van der Waals surface area contributed by atoms with Gasteiger partial charge in [0.25, 0.3) is 5.91 Å². The SMILES string of the molecule is CCN(CC)CCN(C(=O)c1cccc(OC)c1)c1nc2cc3c(cc2s1)OCO3. The second kappa shape index (κ2) is 8.89. The summed E-state index contributed by atoms with van der Waals surface area (Å²) in [5.74, 6) is 1.96. The van der Waals surface area contributed by atoms with Crippen LogP contribution >= 0.6 is 11.3 Å². The van der Waals surface area contributed by atoms with Crippen molar-refractivity contribution in [2.24, 2.45) is 0 Å². The zero-order chi connectivity index (χ0) is 21.1. The number of rotatable bonds is 8. The summed E-state index contributed by atoms with van der Waals surface area (Å²) >= 11 is 1.48. The number of carbonyl (C=O) groups excluding carboxylic acids is 1. The van der Waals surface area contributed by atoms with Crippen molar-refractivity contribution in [3.05, 3.63) is 42.0 Å². The molecule has 1 aliphatic rings. The number of amides is 1. The Labute approximate surface area is 179 Å². The Hall–Kier alpha value is -2.84. The quantitative estimate of drug-likeness (QED) is 0.541. The molecule has 3 aromatic rings. The van der Waals surface area contributed by atoms with Crippen LogP contribution in [0.25, 0.3) is 10.2 Å². The fourth-order valence-electron chi connectivity index (χ4n) is 3.40. The van der Waals surface area contributed by atoms with Crippen molar-refractivity contribution in [2.75, 3.05) is 45.0 Å². The first-order valence-corrected chi connectivity index (χ1v) is 10.8. The average molecular weight is 428 g/mol. The van der Waals surface area contributed by atoms with Gasteiger partial charge in [0, 0.05) is 30.8 Å². The molecule has 158 valence electrons. The van der Waals surface area contributed by atoms with E-state index in [2.05, 4.69) is 18.7 Å². The highest BCUT2D eigenvalue weighted by Gasteiger charge is 2.24. The summed E-state index contributed by atoms with van der Waals surface area (Å²) < 4.78 is 17.2. The summed E-state index contributed by atoms with van der Waals surface area (Å²) in [5, 5.41) is 0.661. The van der Waals surface area contributed by atoms with Crippen LogP contribution in [0.4, 0.5) is 5.13 Å². The van der Waals surface area contributed by atoms with Crippen LogP contribution in [0.5, 0.6) is 17.2 Å². The predicted molar refractivity (Wildman–Crippen MR) is 118 cm³/mol. The summed E-state index contributed by atoms with van der Waals surface area (Å²) in [6.45, 7) is 7.64. The molecule has 1 aliphatic heterocycles. The number of thiazole rings is 1. The maximum absolute atomic E-state index is 13.4. The number of carbonyl (C=O) groups is 1. The van der Waals surface area contributed by atoms with Gasteiger partial charge in [0.15, 0.2) is 16.6 Å². The standard InChI is InChI=1S/C22H25N3O4S/c1-4-24(5-2)9-10-25(21(26)15-7-6-8-16(11-15)27-3)22-23-17-12-18-19(29-14-28-18)13-20(17)30-22/h6-8,11-13H,4-5,9-10,14H2,1-3H3. The minimum Gasteiger partial charge on any atom is -0.497 e. The molecule has 1 amide bonds. The van der Waals surface area contributed by atoms with E-state index < -0.39 is 0 Å². The van der Waals surface area contributed by atoms with E-state index in [-0.39, 0.29) is 12.7 Å². The van der Waals surface area contributed by atoms with Gasteiger partial charge in [0.1, 0.15) is 5.75 Å². The first kappa shape index (κ1) is 20.4. The van der Waals surface area contributed by atoms with E-state index in [0.717, 1.165) is 29.9 Å². The summed E-state index contributed by atoms with van der Waals surface area (Å²) in [4.78, 5) is 22.2. The molecule has 0 unspecified atom stereocenters. The molecule has 2 aromatic carbocycles. The maximum Gasteiger partial charge on any atom is 0.260 e. The van der Waals surface area contributed by atoms with Gasteiger partial charge in [0.2, 0.25) is 6.79 Å². The summed E-state index contributed by atoms with van der Waals surface area (Å²) in [5.41, 5.74) is 1.37. The molecule has 1 aromatic heterocycles. The molecule has 0 radical (unpaired) electrons. The van der Waals surface area contributed by atoms with Gasteiger partial charge in [-0.3, -0.25) is 9.69 Å². The second-order valence-corrected chi connectivity index (χ2v) is 7.89. The monoisotopic (exact) mass is 427 g/mol. The Morgan fingerprint density at radius 3 is 2.63 bits per heavy atom. The number of methoxy groups -OCH3 is 1. The van der Waals surface area contributed by atoms with Crippen LogP contribution in [-0.2, 0) is 0 Å². The van der Waals surface area contributed by atoms with Crippen LogP contribution in [0.15, 0.2) is 36.4 Å². The number of hydrogen-bond acceptors (Lipinski definition) is 7. The van der Waals surface area contributed by atoms with E-state index in [9.17, 15) is 4.79 Å². The fraction of sp³-hybridized carbons (Fsp3) is 0.364. The van der Waals surface area contributed by atoms with Crippen molar-refractivity contribution in [3.63, 3.8) is 0 Å². The molecular formula is C22H25N3O4S. The van der Waals surface area contributed by atoms with Crippen molar-refractivity contribution in [3.8, 4) is 17.2 Å². The van der Waals surface area contributed by atoms with Crippen molar-refractivity contribution in [1.82, 2.24) is 9.88 Å². The van der Waals surface area contributed by atoms with Gasteiger partial charge in [-0.25, -0.2) is 4.98 Å². The van der Waals surface area contributed by atoms with Gasteiger partial charge in [-0.1, -0.05) is 31.3 Å². The van der Waals surface area contributed by atoms with Gasteiger partial charge in [-0.05, 0) is 31.3 Å². The third-order valence-electron chi connectivity index (χ3n) is 5.20. The lowest BCUT2D eigenvalue weighted by molar-refractivity contribution is 0.0983. The lowest BCUT2D eigenvalue weighted by Crippen LogP contribution is -2.38. The van der Waals surface area contributed by atoms with Crippen LogP contribution in [0.3, 0.4) is 0 Å². The highest BCUT2D eigenvalue weighted by molar-refractivity contribution is 7.22. The summed E-state index contributed by atoms with van der Waals surface area (Å²) in [7, 11) is 1.60. The van der Waals surface area contributed by atoms with Gasteiger partial charge in [-0.15, -0.1) is 0 Å². The van der Waals surface area contributed by atoms with Crippen LogP contribution in [-0.4, -0.2) is 55.9 Å². The highest BCUT2D eigenvalue weighted by Crippen LogP contribution is 2.40. The Kier molecular flexibility index (Phi) is 6.06. The first-order valence-electron chi connectivity index (χ1n) is 10.0. The predicted octanol–water partition coefficient (Wildman–Crippen LogP) is 4.02.